The Kier molecular flexibility index (Phi) is 4.64. The molecule has 0 aliphatic carbocycles. The molecule has 0 amide bonds. The molecule has 5 nitrogen and oxygen atoms in total. The molecule has 3 aliphatic heterocycles. The molecule has 1 aromatic rings. The van der Waals surface area contributed by atoms with Crippen LogP contribution in [0.3, 0.4) is 0 Å². The van der Waals surface area contributed by atoms with E-state index < -0.39 is 0 Å². The molecule has 23 heavy (non-hydrogen) atoms. The van der Waals surface area contributed by atoms with E-state index in [2.05, 4.69) is 30.6 Å². The molecule has 2 fully saturated rings. The van der Waals surface area contributed by atoms with Gasteiger partial charge in [0.25, 0.3) is 0 Å². The summed E-state index contributed by atoms with van der Waals surface area (Å²) in [4.78, 5) is 8.55. The van der Waals surface area contributed by atoms with Crippen LogP contribution in [-0.2, 0) is 0 Å². The zero-order valence-corrected chi connectivity index (χ0v) is 14.5. The van der Waals surface area contributed by atoms with Crippen molar-refractivity contribution < 1.29 is 0 Å². The summed E-state index contributed by atoms with van der Waals surface area (Å²) in [5, 5.41) is 1.09. The number of piperidine rings is 1. The minimum atomic E-state index is 0.575. The molecule has 7 heteroatoms. The van der Waals surface area contributed by atoms with Gasteiger partial charge in [-0.25, -0.2) is 4.99 Å². The number of fused-ring (bicyclic) bond motifs is 2. The van der Waals surface area contributed by atoms with Crippen LogP contribution in [0.2, 0.25) is 0 Å². The maximum absolute atomic E-state index is 4.62. The standard InChI is InChI=1S/C16H19N5S2/c1-4-13-10-21(6-1)11-14(13)15-16(19-23-18-15)22-9-3-8-20-7-2-5-17-12-20/h2,5,12-14H,1,4,6-7,9-11H2/t13-,14-/m0/s1. The maximum atomic E-state index is 4.62. The van der Waals surface area contributed by atoms with Crippen LogP contribution in [0.4, 0.5) is 0 Å². The second kappa shape index (κ2) is 7.04. The largest absolute Gasteiger partial charge is 0.302 e. The average molecular weight is 345 g/mol. The van der Waals surface area contributed by atoms with E-state index in [4.69, 9.17) is 0 Å². The van der Waals surface area contributed by atoms with Gasteiger partial charge < -0.3 is 4.90 Å². The molecule has 4 heterocycles. The van der Waals surface area contributed by atoms with E-state index >= 15 is 0 Å². The number of aliphatic imine (C=N–C) groups is 1. The molecule has 2 saturated heterocycles. The van der Waals surface area contributed by atoms with Gasteiger partial charge in [0.2, 0.25) is 0 Å². The predicted molar refractivity (Wildman–Crippen MR) is 94.7 cm³/mol. The van der Waals surface area contributed by atoms with Crippen molar-refractivity contribution in [1.82, 2.24) is 18.5 Å². The lowest BCUT2D eigenvalue weighted by atomic mass is 9.89. The van der Waals surface area contributed by atoms with Crippen molar-refractivity contribution in [1.29, 1.82) is 0 Å². The Morgan fingerprint density at radius 1 is 1.35 bits per heavy atom. The normalized spacial score (nSPS) is 28.7. The van der Waals surface area contributed by atoms with Gasteiger partial charge in [-0.15, -0.1) is 0 Å². The molecule has 0 radical (unpaired) electrons. The fourth-order valence-electron chi connectivity index (χ4n) is 3.54. The van der Waals surface area contributed by atoms with Crippen LogP contribution < -0.4 is 0 Å². The Morgan fingerprint density at radius 3 is 3.22 bits per heavy atom. The Labute approximate surface area is 145 Å². The van der Waals surface area contributed by atoms with Gasteiger partial charge in [0.05, 0.1) is 29.7 Å². The summed E-state index contributed by atoms with van der Waals surface area (Å²) in [5.74, 6) is 5.29. The molecule has 1 aromatic heterocycles. The first-order valence-corrected chi connectivity index (χ1v) is 9.73. The van der Waals surface area contributed by atoms with Gasteiger partial charge in [-0.1, -0.05) is 17.7 Å². The van der Waals surface area contributed by atoms with E-state index in [9.17, 15) is 0 Å². The summed E-state index contributed by atoms with van der Waals surface area (Å²) in [6, 6.07) is 3.12. The second-order valence-corrected chi connectivity index (χ2v) is 7.59. The minimum absolute atomic E-state index is 0.575. The summed E-state index contributed by atoms with van der Waals surface area (Å²) >= 11 is 3.06. The molecule has 1 unspecified atom stereocenters. The Hall–Kier alpha value is -1.36. The molecule has 3 aliphatic rings. The molecular formula is C16H19N5S2. The highest BCUT2D eigenvalue weighted by Gasteiger charge is 2.38. The lowest BCUT2D eigenvalue weighted by molar-refractivity contribution is 0.269. The Morgan fingerprint density at radius 2 is 2.35 bits per heavy atom. The minimum Gasteiger partial charge on any atom is -0.302 e. The van der Waals surface area contributed by atoms with Crippen molar-refractivity contribution in [2.24, 2.45) is 10.9 Å². The van der Waals surface area contributed by atoms with Crippen LogP contribution in [0.1, 0.15) is 24.5 Å². The lowest BCUT2D eigenvalue weighted by Gasteiger charge is -2.21. The van der Waals surface area contributed by atoms with E-state index in [1.807, 2.05) is 11.0 Å². The van der Waals surface area contributed by atoms with Gasteiger partial charge in [-0.2, -0.15) is 8.75 Å². The molecule has 0 aromatic carbocycles. The van der Waals surface area contributed by atoms with Crippen molar-refractivity contribution in [2.45, 2.75) is 23.8 Å². The number of nitrogens with zero attached hydrogens (tertiary/aromatic N) is 5. The second-order valence-electron chi connectivity index (χ2n) is 6.10. The summed E-state index contributed by atoms with van der Waals surface area (Å²) in [6.45, 7) is 4.47. The quantitative estimate of drug-likeness (QED) is 0.621. The lowest BCUT2D eigenvalue weighted by Crippen LogP contribution is -2.25. The van der Waals surface area contributed by atoms with E-state index in [0.29, 0.717) is 5.92 Å². The van der Waals surface area contributed by atoms with E-state index in [-0.39, 0.29) is 0 Å². The highest BCUT2D eigenvalue weighted by atomic mass is 32.2. The molecule has 3 atom stereocenters. The SMILES string of the molecule is C(#CN1C=NC=CC1)CSc1nsnc1[C@H]1CN2CCC[C@H]1C2. The molecule has 2 bridgehead atoms. The van der Waals surface area contributed by atoms with Gasteiger partial charge in [-0.3, -0.25) is 4.90 Å². The van der Waals surface area contributed by atoms with Gasteiger partial charge >= 0.3 is 0 Å². The number of rotatable bonds is 3. The first-order valence-electron chi connectivity index (χ1n) is 8.01. The van der Waals surface area contributed by atoms with E-state index in [0.717, 1.165) is 29.8 Å². The number of hydrogen-bond donors (Lipinski definition) is 0. The van der Waals surface area contributed by atoms with Gasteiger partial charge in [0.1, 0.15) is 11.4 Å². The summed E-state index contributed by atoms with van der Waals surface area (Å²) in [6.07, 6.45) is 8.23. The first kappa shape index (κ1) is 15.2. The van der Waals surface area contributed by atoms with Crippen LogP contribution in [0.25, 0.3) is 0 Å². The first-order chi connectivity index (χ1) is 11.4. The summed E-state index contributed by atoms with van der Waals surface area (Å²) in [5.41, 5.74) is 1.22. The molecule has 0 N–H and O–H groups in total. The number of hydrogen-bond acceptors (Lipinski definition) is 7. The van der Waals surface area contributed by atoms with Crippen molar-refractivity contribution in [2.75, 3.05) is 31.9 Å². The zero-order valence-electron chi connectivity index (χ0n) is 12.9. The van der Waals surface area contributed by atoms with Crippen molar-refractivity contribution >= 4 is 29.8 Å². The van der Waals surface area contributed by atoms with Crippen molar-refractivity contribution in [3.8, 4) is 12.0 Å². The number of aromatic nitrogens is 2. The molecule has 120 valence electrons. The van der Waals surface area contributed by atoms with Gasteiger partial charge in [0.15, 0.2) is 0 Å². The van der Waals surface area contributed by atoms with Crippen molar-refractivity contribution in [3.05, 3.63) is 18.0 Å². The van der Waals surface area contributed by atoms with Gasteiger partial charge in [-0.05, 0) is 31.4 Å². The van der Waals surface area contributed by atoms with Crippen LogP contribution in [0.5, 0.6) is 0 Å². The third-order valence-corrected chi connectivity index (χ3v) is 6.12. The maximum Gasteiger partial charge on any atom is 0.134 e. The average Bonchev–Trinajstić information content (AvgIpc) is 3.16. The molecular weight excluding hydrogens is 326 g/mol. The summed E-state index contributed by atoms with van der Waals surface area (Å²) in [7, 11) is 0. The molecule has 4 rings (SSSR count). The van der Waals surface area contributed by atoms with Crippen LogP contribution in [0, 0.1) is 17.9 Å². The van der Waals surface area contributed by atoms with E-state index in [1.165, 1.54) is 43.4 Å². The third kappa shape index (κ3) is 3.44. The highest BCUT2D eigenvalue weighted by molar-refractivity contribution is 7.99. The smallest absolute Gasteiger partial charge is 0.134 e. The fourth-order valence-corrected chi connectivity index (χ4v) is 5.04. The van der Waals surface area contributed by atoms with Crippen molar-refractivity contribution in [3.63, 3.8) is 0 Å². The molecule has 0 spiro atoms. The van der Waals surface area contributed by atoms with Crippen LogP contribution in [-0.4, -0.2) is 56.8 Å². The van der Waals surface area contributed by atoms with Crippen LogP contribution >= 0.6 is 23.5 Å². The fraction of sp³-hybridized carbons (Fsp3) is 0.562. The monoisotopic (exact) mass is 345 g/mol. The zero-order chi connectivity index (χ0) is 15.5. The Balaban J connectivity index is 1.37. The Bertz CT molecular complexity index is 672. The predicted octanol–water partition coefficient (Wildman–Crippen LogP) is 2.26. The number of thioether (sulfide) groups is 1. The van der Waals surface area contributed by atoms with E-state index in [1.54, 1.807) is 24.3 Å². The highest BCUT2D eigenvalue weighted by Crippen LogP contribution is 2.41. The van der Waals surface area contributed by atoms with Gasteiger partial charge in [0, 0.05) is 31.3 Å². The van der Waals surface area contributed by atoms with Crippen LogP contribution in [0.15, 0.2) is 22.3 Å². The topological polar surface area (TPSA) is 44.6 Å². The third-order valence-electron chi connectivity index (χ3n) is 4.60. The summed E-state index contributed by atoms with van der Waals surface area (Å²) < 4.78 is 9.14. The molecule has 0 saturated carbocycles.